The van der Waals surface area contributed by atoms with E-state index in [1.807, 2.05) is 9.47 Å². The predicted octanol–water partition coefficient (Wildman–Crippen LogP) is 4.65. The monoisotopic (exact) mass is 471 g/mol. The topological polar surface area (TPSA) is 67.6 Å². The minimum atomic E-state index is -3.02. The minimum Gasteiger partial charge on any atom is -0.434 e. The first-order chi connectivity index (χ1) is 16.1. The first kappa shape index (κ1) is 21.5. The summed E-state index contributed by atoms with van der Waals surface area (Å²) in [5.41, 5.74) is 1.55. The number of ether oxygens (including phenoxy) is 1. The highest BCUT2D eigenvalue weighted by Gasteiger charge is 2.43. The van der Waals surface area contributed by atoms with E-state index in [0.29, 0.717) is 53.2 Å². The van der Waals surface area contributed by atoms with E-state index in [4.69, 9.17) is 4.74 Å². The number of benzene rings is 2. The van der Waals surface area contributed by atoms with Gasteiger partial charge in [-0.1, -0.05) is 12.1 Å². The Morgan fingerprint density at radius 2 is 2.00 bits per heavy atom. The molecule has 2 aromatic carbocycles. The number of halogens is 3. The number of rotatable bonds is 4. The lowest BCUT2D eigenvalue weighted by molar-refractivity contribution is -0.0507. The summed E-state index contributed by atoms with van der Waals surface area (Å²) < 4.78 is 48.2. The largest absolute Gasteiger partial charge is 0.434 e. The molecule has 2 bridgehead atoms. The second-order valence-corrected chi connectivity index (χ2v) is 10.1. The zero-order valence-electron chi connectivity index (χ0n) is 18.8. The Bertz CT molecular complexity index is 1320. The molecule has 0 spiro atoms. The second kappa shape index (κ2) is 7.21. The van der Waals surface area contributed by atoms with Crippen molar-refractivity contribution in [2.24, 2.45) is 5.92 Å². The van der Waals surface area contributed by atoms with Gasteiger partial charge in [0.25, 0.3) is 0 Å². The maximum absolute atomic E-state index is 15.0. The van der Waals surface area contributed by atoms with Crippen LogP contribution in [-0.2, 0) is 0 Å². The lowest BCUT2D eigenvalue weighted by Crippen LogP contribution is -2.56. The fraction of sp³-hybridized carbons (Fsp3) is 0.440. The van der Waals surface area contributed by atoms with Gasteiger partial charge in [0.2, 0.25) is 0 Å². The van der Waals surface area contributed by atoms with Crippen molar-refractivity contribution >= 4 is 22.5 Å². The number of imidazole rings is 1. The van der Waals surface area contributed by atoms with Gasteiger partial charge in [-0.05, 0) is 32.4 Å². The van der Waals surface area contributed by atoms with Crippen LogP contribution in [0.1, 0.15) is 60.4 Å². The van der Waals surface area contributed by atoms with Crippen LogP contribution in [0.15, 0.2) is 30.3 Å². The average molecular weight is 471 g/mol. The van der Waals surface area contributed by atoms with Crippen LogP contribution in [0.4, 0.5) is 18.9 Å². The van der Waals surface area contributed by atoms with Gasteiger partial charge in [0, 0.05) is 48.5 Å². The summed E-state index contributed by atoms with van der Waals surface area (Å²) in [5.74, 6) is -0.0369. The van der Waals surface area contributed by atoms with Gasteiger partial charge in [0.05, 0.1) is 28.4 Å². The Hall–Kier alpha value is -3.07. The smallest absolute Gasteiger partial charge is 0.387 e. The Morgan fingerprint density at radius 1 is 1.24 bits per heavy atom. The van der Waals surface area contributed by atoms with E-state index >= 15 is 4.39 Å². The number of carbonyl (C=O) groups excluding carboxylic acids is 1. The Balaban J connectivity index is 1.48. The molecule has 6 nitrogen and oxygen atoms in total. The van der Waals surface area contributed by atoms with Crippen LogP contribution >= 0.6 is 0 Å². The summed E-state index contributed by atoms with van der Waals surface area (Å²) in [4.78, 5) is 19.5. The van der Waals surface area contributed by atoms with E-state index in [9.17, 15) is 18.7 Å². The maximum atomic E-state index is 15.0. The van der Waals surface area contributed by atoms with Crippen LogP contribution in [0.5, 0.6) is 5.75 Å². The number of ketones is 1. The molecule has 3 aromatic rings. The quantitative estimate of drug-likeness (QED) is 0.600. The Kier molecular flexibility index (Phi) is 4.55. The molecule has 1 saturated heterocycles. The minimum absolute atomic E-state index is 0.0145. The molecule has 0 radical (unpaired) electrons. The molecule has 1 N–H and O–H groups in total. The van der Waals surface area contributed by atoms with Crippen LogP contribution in [0.25, 0.3) is 11.0 Å². The molecule has 0 saturated carbocycles. The summed E-state index contributed by atoms with van der Waals surface area (Å²) >= 11 is 0. The van der Waals surface area contributed by atoms with Gasteiger partial charge in [-0.3, -0.25) is 4.79 Å². The van der Waals surface area contributed by atoms with E-state index in [0.717, 1.165) is 0 Å². The number of Topliss-reactive ketones (excluding diaryl/α,β-unsaturated/α-hetero) is 1. The van der Waals surface area contributed by atoms with Crippen molar-refractivity contribution in [2.75, 3.05) is 18.0 Å². The first-order valence-electron chi connectivity index (χ1n) is 11.4. The fourth-order valence-electron chi connectivity index (χ4n) is 5.67. The molecule has 9 heteroatoms. The molecule has 2 atom stereocenters. The van der Waals surface area contributed by atoms with Crippen molar-refractivity contribution in [3.8, 4) is 5.75 Å². The van der Waals surface area contributed by atoms with E-state index in [2.05, 4.69) is 4.98 Å². The third-order valence-electron chi connectivity index (χ3n) is 7.54. The van der Waals surface area contributed by atoms with E-state index in [1.54, 1.807) is 32.0 Å². The van der Waals surface area contributed by atoms with Crippen molar-refractivity contribution in [1.82, 2.24) is 9.55 Å². The molecule has 1 aromatic heterocycles. The van der Waals surface area contributed by atoms with E-state index in [1.165, 1.54) is 12.1 Å². The van der Waals surface area contributed by atoms with Crippen molar-refractivity contribution in [3.63, 3.8) is 0 Å². The Morgan fingerprint density at radius 3 is 2.71 bits per heavy atom. The van der Waals surface area contributed by atoms with Gasteiger partial charge < -0.3 is 19.3 Å². The third-order valence-corrected chi connectivity index (χ3v) is 7.54. The number of aromatic nitrogens is 2. The summed E-state index contributed by atoms with van der Waals surface area (Å²) in [6.07, 6.45) is 0.748. The molecule has 1 fully saturated rings. The van der Waals surface area contributed by atoms with E-state index in [-0.39, 0.29) is 29.8 Å². The lowest BCUT2D eigenvalue weighted by atomic mass is 9.84. The average Bonchev–Trinajstić information content (AvgIpc) is 3.17. The van der Waals surface area contributed by atoms with Crippen LogP contribution in [0.3, 0.4) is 0 Å². The van der Waals surface area contributed by atoms with Gasteiger partial charge in [0.1, 0.15) is 17.4 Å². The Labute approximate surface area is 193 Å². The van der Waals surface area contributed by atoms with Crippen molar-refractivity contribution in [3.05, 3.63) is 53.1 Å². The van der Waals surface area contributed by atoms with Crippen LogP contribution in [0.2, 0.25) is 0 Å². The van der Waals surface area contributed by atoms with Crippen LogP contribution in [0, 0.1) is 11.7 Å². The molecule has 6 rings (SSSR count). The van der Waals surface area contributed by atoms with Gasteiger partial charge in [-0.15, -0.1) is 0 Å². The summed E-state index contributed by atoms with van der Waals surface area (Å²) in [6.45, 7) is 1.54. The number of aliphatic hydroxyl groups is 1. The zero-order chi connectivity index (χ0) is 23.9. The molecule has 34 heavy (non-hydrogen) atoms. The number of nitrogens with zero attached hydrogens (tertiary/aromatic N) is 3. The molecule has 178 valence electrons. The first-order valence-corrected chi connectivity index (χ1v) is 11.4. The van der Waals surface area contributed by atoms with E-state index < -0.39 is 24.1 Å². The number of hydrogen-bond acceptors (Lipinski definition) is 5. The molecular weight excluding hydrogens is 447 g/mol. The number of alkyl halides is 2. The lowest BCUT2D eigenvalue weighted by Gasteiger charge is -2.46. The van der Waals surface area contributed by atoms with Crippen LogP contribution in [-0.4, -0.2) is 45.7 Å². The van der Waals surface area contributed by atoms with Gasteiger partial charge in [-0.2, -0.15) is 8.78 Å². The molecule has 0 unspecified atom stereocenters. The fourth-order valence-corrected chi connectivity index (χ4v) is 5.67. The van der Waals surface area contributed by atoms with Crippen molar-refractivity contribution < 1.29 is 27.8 Å². The highest BCUT2D eigenvalue weighted by atomic mass is 19.3. The summed E-state index contributed by atoms with van der Waals surface area (Å²) in [5, 5.41) is 10.2. The van der Waals surface area contributed by atoms with Gasteiger partial charge in [0.15, 0.2) is 5.78 Å². The third kappa shape index (κ3) is 3.13. The van der Waals surface area contributed by atoms with Crippen molar-refractivity contribution in [2.45, 2.75) is 50.9 Å². The molecule has 2 aliphatic heterocycles. The van der Waals surface area contributed by atoms with Crippen molar-refractivity contribution in [1.29, 1.82) is 0 Å². The zero-order valence-corrected chi connectivity index (χ0v) is 18.8. The normalized spacial score (nSPS) is 22.1. The molecule has 3 aliphatic rings. The second-order valence-electron chi connectivity index (χ2n) is 10.1. The highest BCUT2D eigenvalue weighted by molar-refractivity contribution is 6.00. The predicted molar refractivity (Wildman–Crippen MR) is 119 cm³/mol. The molecule has 3 heterocycles. The maximum Gasteiger partial charge on any atom is 0.387 e. The van der Waals surface area contributed by atoms with Crippen LogP contribution < -0.4 is 9.64 Å². The van der Waals surface area contributed by atoms with Gasteiger partial charge >= 0.3 is 6.61 Å². The number of hydrogen-bond donors (Lipinski definition) is 1. The molecular formula is C25H24F3N3O3. The molecule has 1 aliphatic carbocycles. The molecule has 0 amide bonds. The summed E-state index contributed by atoms with van der Waals surface area (Å²) in [6, 6.07) is 7.38. The standard InChI is InChI=1S/C25H24F3N3O3/c1-25(2,33)13-10-30(11-13)17-9-18-16(8-15(17)26)29-23-12-6-19(31(18)23)22-14(20(32)7-12)4-3-5-21(22)34-24(27)28/h3-5,8-9,12-13,19,24,33H,6-7,10-11H2,1-2H3/t12-,19-/m1/s1. The van der Waals surface area contributed by atoms with Gasteiger partial charge in [-0.25, -0.2) is 9.37 Å². The summed E-state index contributed by atoms with van der Waals surface area (Å²) in [7, 11) is 0. The number of fused-ring (bicyclic) bond motifs is 9. The SMILES string of the molecule is CC(C)(O)C1CN(c2cc3c(cc2F)nc2n3[C@@H]3C[C@@H]2CC(=O)c2cccc(OC(F)F)c23)C1. The highest BCUT2D eigenvalue weighted by Crippen LogP contribution is 2.51. The number of carbonyl (C=O) groups is 1. The number of anilines is 1.